The molecule has 10 nitrogen and oxygen atoms in total. The third-order valence-corrected chi connectivity index (χ3v) is 8.45. The zero-order valence-corrected chi connectivity index (χ0v) is 25.0. The predicted molar refractivity (Wildman–Crippen MR) is 157 cm³/mol. The molecule has 0 spiro atoms. The summed E-state index contributed by atoms with van der Waals surface area (Å²) in [4.78, 5) is 35.9. The van der Waals surface area contributed by atoms with Gasteiger partial charge in [-0.25, -0.2) is 22.4 Å². The predicted octanol–water partition coefficient (Wildman–Crippen LogP) is 5.13. The Hall–Kier alpha value is -4.59. The lowest BCUT2D eigenvalue weighted by molar-refractivity contribution is 0.0814. The molecule has 2 aromatic carbocycles. The summed E-state index contributed by atoms with van der Waals surface area (Å²) < 4.78 is 69.4. The van der Waals surface area contributed by atoms with Gasteiger partial charge in [-0.05, 0) is 92.6 Å². The first-order valence-corrected chi connectivity index (χ1v) is 14.9. The molecule has 4 aromatic rings. The van der Waals surface area contributed by atoms with Crippen LogP contribution in [0, 0.1) is 23.3 Å². The minimum atomic E-state index is -0.537. The Labute approximate surface area is 260 Å². The van der Waals surface area contributed by atoms with E-state index in [1.54, 1.807) is 0 Å². The Bertz CT molecular complexity index is 1750. The van der Waals surface area contributed by atoms with E-state index in [1.165, 1.54) is 30.2 Å². The van der Waals surface area contributed by atoms with Crippen molar-refractivity contribution >= 4 is 6.09 Å². The highest BCUT2D eigenvalue weighted by Gasteiger charge is 2.35. The number of nitrogens with zero attached hydrogens (tertiary/aromatic N) is 1. The minimum Gasteiger partial charge on any atom is -0.453 e. The van der Waals surface area contributed by atoms with Gasteiger partial charge in [-0.1, -0.05) is 0 Å². The second kappa shape index (κ2) is 14.7. The molecule has 2 aliphatic heterocycles. The van der Waals surface area contributed by atoms with Gasteiger partial charge in [0.15, 0.2) is 0 Å². The highest BCUT2D eigenvalue weighted by molar-refractivity contribution is 5.68. The first kappa shape index (κ1) is 32.8. The Morgan fingerprint density at radius 1 is 0.826 bits per heavy atom. The number of nitrogens with one attached hydrogen (secondary N) is 3. The molecule has 2 aliphatic rings. The van der Waals surface area contributed by atoms with Crippen LogP contribution < -0.4 is 16.4 Å². The van der Waals surface area contributed by atoms with Crippen molar-refractivity contribution in [3.05, 3.63) is 115 Å². The van der Waals surface area contributed by atoms with Crippen LogP contribution >= 0.6 is 0 Å². The smallest absolute Gasteiger partial charge is 0.409 e. The maximum absolute atomic E-state index is 14.0. The number of hydrogen-bond donors (Lipinski definition) is 3. The molecular weight excluding hydrogens is 612 g/mol. The summed E-state index contributed by atoms with van der Waals surface area (Å²) in [6.45, 7) is 1.12. The Kier molecular flexibility index (Phi) is 10.5. The molecule has 46 heavy (non-hydrogen) atoms. The van der Waals surface area contributed by atoms with Gasteiger partial charge >= 0.3 is 6.09 Å². The van der Waals surface area contributed by atoms with Crippen molar-refractivity contribution in [1.82, 2.24) is 20.5 Å². The van der Waals surface area contributed by atoms with E-state index in [-0.39, 0.29) is 41.0 Å². The largest absolute Gasteiger partial charge is 0.453 e. The lowest BCUT2D eigenvalue weighted by atomic mass is 9.86. The van der Waals surface area contributed by atoms with Crippen molar-refractivity contribution in [1.29, 1.82) is 0 Å². The lowest BCUT2D eigenvalue weighted by Crippen LogP contribution is -2.46. The van der Waals surface area contributed by atoms with E-state index >= 15 is 0 Å². The number of aromatic amines is 2. The van der Waals surface area contributed by atoms with Gasteiger partial charge in [0.25, 0.3) is 11.1 Å². The van der Waals surface area contributed by atoms with Crippen LogP contribution in [0.3, 0.4) is 0 Å². The summed E-state index contributed by atoms with van der Waals surface area (Å²) in [5, 5.41) is 7.83. The third-order valence-electron chi connectivity index (χ3n) is 8.45. The van der Waals surface area contributed by atoms with Gasteiger partial charge in [-0.3, -0.25) is 9.59 Å². The number of rotatable bonds is 6. The molecule has 3 N–H and O–H groups in total. The van der Waals surface area contributed by atoms with Crippen LogP contribution in [-0.2, 0) is 17.6 Å². The molecule has 2 fully saturated rings. The van der Waals surface area contributed by atoms with Gasteiger partial charge in [-0.15, -0.1) is 0 Å². The number of carbonyl (C=O) groups excluding carboxylic acids is 1. The zero-order chi connectivity index (χ0) is 32.8. The number of halogens is 4. The van der Waals surface area contributed by atoms with Crippen molar-refractivity contribution in [2.24, 2.45) is 0 Å². The number of piperidine rings is 2. The highest BCUT2D eigenvalue weighted by atomic mass is 19.1. The first-order valence-electron chi connectivity index (χ1n) is 14.9. The Morgan fingerprint density at radius 2 is 1.39 bits per heavy atom. The average Bonchev–Trinajstić information content (AvgIpc) is 3.69. The maximum Gasteiger partial charge on any atom is 0.409 e. The van der Waals surface area contributed by atoms with E-state index in [2.05, 4.69) is 15.6 Å². The summed E-state index contributed by atoms with van der Waals surface area (Å²) in [7, 11) is 1.28. The Balaban J connectivity index is 0.000000184. The topological polar surface area (TPSA) is 134 Å². The van der Waals surface area contributed by atoms with Crippen LogP contribution in [0.5, 0.6) is 0 Å². The second-order valence-corrected chi connectivity index (χ2v) is 11.5. The van der Waals surface area contributed by atoms with Crippen LogP contribution in [0.1, 0.15) is 60.2 Å². The molecule has 0 bridgehead atoms. The fourth-order valence-corrected chi connectivity index (χ4v) is 6.20. The molecule has 0 saturated carbocycles. The summed E-state index contributed by atoms with van der Waals surface area (Å²) in [6, 6.07) is 9.20. The third kappa shape index (κ3) is 8.16. The molecule has 1 amide bonds. The van der Waals surface area contributed by atoms with E-state index < -0.39 is 35.4 Å². The molecule has 0 radical (unpaired) electrons. The number of H-pyrrole nitrogens is 2. The normalized spacial score (nSPS) is 21.4. The fraction of sp³-hybridized carbons (Fsp3) is 0.406. The van der Waals surface area contributed by atoms with Crippen LogP contribution in [0.4, 0.5) is 22.4 Å². The molecule has 4 atom stereocenters. The monoisotopic (exact) mass is 646 g/mol. The van der Waals surface area contributed by atoms with E-state index in [0.717, 1.165) is 49.7 Å². The number of methoxy groups -OCH3 is 1. The molecule has 4 heterocycles. The fourth-order valence-electron chi connectivity index (χ4n) is 6.20. The van der Waals surface area contributed by atoms with Gasteiger partial charge in [-0.2, -0.15) is 10.3 Å². The quantitative estimate of drug-likeness (QED) is 0.248. The summed E-state index contributed by atoms with van der Waals surface area (Å²) in [6.07, 6.45) is 2.64. The molecule has 14 heteroatoms. The van der Waals surface area contributed by atoms with E-state index in [9.17, 15) is 31.9 Å². The number of aromatic nitrogens is 2. The summed E-state index contributed by atoms with van der Waals surface area (Å²) >= 11 is 0. The van der Waals surface area contributed by atoms with Gasteiger partial charge in [0.1, 0.15) is 34.8 Å². The standard InChI is InChI=1S/C17H18F2N2O4.C15H16F2N2O2/c1-24-17(23)21-5-4-10(15-9-16(22)20-25-15)7-13(21)8-11-6-12(18)2-3-14(11)19;16-11-1-2-13(17)10(5-11)7-12-6-9(3-4-18-12)14-8-15(20)19-21-14/h2-3,6,9-10,13H,4-5,7-8H2,1H3,(H,20,22);1-2,5,8-9,12,18H,3-4,6-7H2,(H,19,20)/t10-,13+;9-,12+/m00/s1. The van der Waals surface area contributed by atoms with Gasteiger partial charge in [0.2, 0.25) is 0 Å². The van der Waals surface area contributed by atoms with Crippen molar-refractivity contribution in [3.8, 4) is 0 Å². The summed E-state index contributed by atoms with van der Waals surface area (Å²) in [5.74, 6) is -0.742. The lowest BCUT2D eigenvalue weighted by Gasteiger charge is -2.38. The highest BCUT2D eigenvalue weighted by Crippen LogP contribution is 2.33. The second-order valence-electron chi connectivity index (χ2n) is 11.5. The molecule has 0 aliphatic carbocycles. The average molecular weight is 647 g/mol. The number of hydrogen-bond acceptors (Lipinski definition) is 7. The van der Waals surface area contributed by atoms with Crippen LogP contribution in [0.2, 0.25) is 0 Å². The molecular formula is C32H34F4N4O6. The first-order chi connectivity index (χ1) is 22.1. The van der Waals surface area contributed by atoms with Crippen molar-refractivity contribution in [2.75, 3.05) is 20.2 Å². The van der Waals surface area contributed by atoms with Gasteiger partial charge in [0, 0.05) is 42.6 Å². The number of benzene rings is 2. The van der Waals surface area contributed by atoms with Gasteiger partial charge < -0.3 is 24.0 Å². The van der Waals surface area contributed by atoms with Crippen molar-refractivity contribution in [3.63, 3.8) is 0 Å². The van der Waals surface area contributed by atoms with Crippen molar-refractivity contribution < 1.29 is 36.1 Å². The van der Waals surface area contributed by atoms with Crippen LogP contribution in [0.25, 0.3) is 0 Å². The van der Waals surface area contributed by atoms with Crippen molar-refractivity contribution in [2.45, 2.75) is 62.4 Å². The van der Waals surface area contributed by atoms with Gasteiger partial charge in [0.05, 0.1) is 7.11 Å². The zero-order valence-electron chi connectivity index (χ0n) is 25.0. The number of ether oxygens (including phenoxy) is 1. The number of amides is 1. The van der Waals surface area contributed by atoms with E-state index in [4.69, 9.17) is 13.8 Å². The molecule has 2 aromatic heterocycles. The SMILES string of the molecule is COC(=O)N1CC[C@H](c2cc(=O)[nH]o2)C[C@@H]1Cc1cc(F)ccc1F.O=c1cc([C@H]2CCN[C@@H](Cc3cc(F)ccc3F)C2)o[nH]1. The molecule has 6 rings (SSSR count). The van der Waals surface area contributed by atoms with E-state index in [0.29, 0.717) is 42.9 Å². The number of likely N-dealkylation sites (tertiary alicyclic amines) is 1. The molecule has 0 unspecified atom stereocenters. The van der Waals surface area contributed by atoms with Crippen LogP contribution in [0.15, 0.2) is 67.2 Å². The summed E-state index contributed by atoms with van der Waals surface area (Å²) in [5.41, 5.74) is -0.0341. The van der Waals surface area contributed by atoms with E-state index in [1.807, 2.05) is 0 Å². The maximum atomic E-state index is 14.0. The Morgan fingerprint density at radius 3 is 1.93 bits per heavy atom. The number of carbonyl (C=O) groups is 1. The molecule has 246 valence electrons. The molecule has 2 saturated heterocycles. The van der Waals surface area contributed by atoms with Crippen LogP contribution in [-0.4, -0.2) is 53.6 Å². The minimum absolute atomic E-state index is 0.0280.